The van der Waals surface area contributed by atoms with Crippen molar-refractivity contribution in [2.75, 3.05) is 26.2 Å². The summed E-state index contributed by atoms with van der Waals surface area (Å²) >= 11 is 0. The SMILES string of the molecule is Cc1nnn(Cc2cc(C(F)(F)F)ccc2C=CC(=O)N2CCN(CC(=O)OC(C)(C)C)C[C@H]2C)n1. The molecular formula is C24H31F3N6O3. The Hall–Kier alpha value is -3.28. The highest BCUT2D eigenvalue weighted by molar-refractivity contribution is 5.92. The van der Waals surface area contributed by atoms with Crippen LogP contribution in [0.5, 0.6) is 0 Å². The van der Waals surface area contributed by atoms with E-state index in [1.54, 1.807) is 11.8 Å². The normalized spacial score (nSPS) is 17.6. The summed E-state index contributed by atoms with van der Waals surface area (Å²) in [6, 6.07) is 3.17. The van der Waals surface area contributed by atoms with Gasteiger partial charge in [-0.1, -0.05) is 6.07 Å². The standard InChI is InChI=1S/C24H31F3N6O3/c1-16-13-31(15-22(35)36-23(3,4)5)10-11-32(16)21(34)9-7-18-6-8-20(24(25,26)27)12-19(18)14-33-29-17(2)28-30-33/h6-9,12,16H,10-11,13-15H2,1-5H3/t16-/m1/s1. The number of esters is 1. The molecule has 0 unspecified atom stereocenters. The summed E-state index contributed by atoms with van der Waals surface area (Å²) in [4.78, 5) is 29.8. The minimum Gasteiger partial charge on any atom is -0.459 e. The van der Waals surface area contributed by atoms with Crippen LogP contribution in [0.3, 0.4) is 0 Å². The summed E-state index contributed by atoms with van der Waals surface area (Å²) in [7, 11) is 0. The van der Waals surface area contributed by atoms with Gasteiger partial charge in [-0.3, -0.25) is 14.5 Å². The molecule has 1 saturated heterocycles. The molecule has 1 aliphatic heterocycles. The number of aromatic nitrogens is 4. The van der Waals surface area contributed by atoms with Crippen LogP contribution in [0.15, 0.2) is 24.3 Å². The van der Waals surface area contributed by atoms with Gasteiger partial charge in [-0.15, -0.1) is 10.2 Å². The first-order valence-corrected chi connectivity index (χ1v) is 11.6. The summed E-state index contributed by atoms with van der Waals surface area (Å²) < 4.78 is 45.2. The minimum absolute atomic E-state index is 0.0294. The Balaban J connectivity index is 1.69. The second-order valence-corrected chi connectivity index (χ2v) is 9.81. The Kier molecular flexibility index (Phi) is 8.17. The van der Waals surface area contributed by atoms with Crippen molar-refractivity contribution in [3.05, 3.63) is 46.8 Å². The zero-order chi connectivity index (χ0) is 26.7. The van der Waals surface area contributed by atoms with Gasteiger partial charge >= 0.3 is 12.1 Å². The zero-order valence-corrected chi connectivity index (χ0v) is 21.0. The Morgan fingerprint density at radius 2 is 1.92 bits per heavy atom. The predicted molar refractivity (Wildman–Crippen MR) is 126 cm³/mol. The summed E-state index contributed by atoms with van der Waals surface area (Å²) in [5.41, 5.74) is -0.609. The van der Waals surface area contributed by atoms with Crippen LogP contribution in [0.2, 0.25) is 0 Å². The highest BCUT2D eigenvalue weighted by atomic mass is 19.4. The van der Waals surface area contributed by atoms with E-state index in [9.17, 15) is 22.8 Å². The molecule has 196 valence electrons. The van der Waals surface area contributed by atoms with E-state index in [1.165, 1.54) is 23.0 Å². The molecule has 36 heavy (non-hydrogen) atoms. The van der Waals surface area contributed by atoms with Crippen LogP contribution >= 0.6 is 0 Å². The van der Waals surface area contributed by atoms with Crippen LogP contribution < -0.4 is 0 Å². The van der Waals surface area contributed by atoms with Gasteiger partial charge in [-0.05, 0) is 69.2 Å². The molecule has 12 heteroatoms. The van der Waals surface area contributed by atoms with E-state index in [2.05, 4.69) is 15.4 Å². The number of alkyl halides is 3. The van der Waals surface area contributed by atoms with Crippen LogP contribution in [-0.2, 0) is 27.0 Å². The van der Waals surface area contributed by atoms with Gasteiger partial charge in [0.2, 0.25) is 5.91 Å². The van der Waals surface area contributed by atoms with E-state index in [0.29, 0.717) is 36.6 Å². The summed E-state index contributed by atoms with van der Waals surface area (Å²) in [5, 5.41) is 11.6. The van der Waals surface area contributed by atoms with Crippen molar-refractivity contribution in [1.29, 1.82) is 0 Å². The first-order valence-electron chi connectivity index (χ1n) is 11.6. The monoisotopic (exact) mass is 508 g/mol. The second kappa shape index (κ2) is 10.8. The van der Waals surface area contributed by atoms with Gasteiger partial charge in [0.15, 0.2) is 5.82 Å². The number of carbonyl (C=O) groups is 2. The maximum atomic E-state index is 13.3. The number of rotatable bonds is 6. The summed E-state index contributed by atoms with van der Waals surface area (Å²) in [5.74, 6) is -0.185. The molecule has 1 aliphatic rings. The van der Waals surface area contributed by atoms with Crippen molar-refractivity contribution in [2.45, 2.75) is 59.0 Å². The van der Waals surface area contributed by atoms with E-state index >= 15 is 0 Å². The quantitative estimate of drug-likeness (QED) is 0.438. The average molecular weight is 509 g/mol. The Morgan fingerprint density at radius 1 is 1.19 bits per heavy atom. The van der Waals surface area contributed by atoms with E-state index < -0.39 is 17.3 Å². The smallest absolute Gasteiger partial charge is 0.416 e. The van der Waals surface area contributed by atoms with Crippen molar-refractivity contribution in [3.8, 4) is 0 Å². The fourth-order valence-corrected chi connectivity index (χ4v) is 3.94. The van der Waals surface area contributed by atoms with Crippen LogP contribution in [0.4, 0.5) is 13.2 Å². The molecule has 9 nitrogen and oxygen atoms in total. The number of carbonyl (C=O) groups excluding carboxylic acids is 2. The number of piperazine rings is 1. The summed E-state index contributed by atoms with van der Waals surface area (Å²) in [6.07, 6.45) is -1.65. The maximum Gasteiger partial charge on any atom is 0.416 e. The van der Waals surface area contributed by atoms with Crippen molar-refractivity contribution in [3.63, 3.8) is 0 Å². The molecule has 0 saturated carbocycles. The molecule has 0 aliphatic carbocycles. The molecule has 0 bridgehead atoms. The lowest BCUT2D eigenvalue weighted by molar-refractivity contribution is -0.156. The van der Waals surface area contributed by atoms with E-state index in [1.807, 2.05) is 32.6 Å². The number of nitrogens with zero attached hydrogens (tertiary/aromatic N) is 6. The Labute approximate surface area is 207 Å². The number of aryl methyl sites for hydroxylation is 1. The fraction of sp³-hybridized carbons (Fsp3) is 0.542. The van der Waals surface area contributed by atoms with Gasteiger partial charge in [-0.2, -0.15) is 18.0 Å². The Morgan fingerprint density at radius 3 is 2.50 bits per heavy atom. The number of benzene rings is 1. The molecule has 0 N–H and O–H groups in total. The third-order valence-electron chi connectivity index (χ3n) is 5.51. The van der Waals surface area contributed by atoms with Gasteiger partial charge in [0.25, 0.3) is 0 Å². The Bertz CT molecular complexity index is 1120. The van der Waals surface area contributed by atoms with E-state index in [-0.39, 0.29) is 31.0 Å². The first kappa shape index (κ1) is 27.3. The molecule has 0 spiro atoms. The molecule has 0 radical (unpaired) electrons. The van der Waals surface area contributed by atoms with E-state index in [0.717, 1.165) is 12.1 Å². The van der Waals surface area contributed by atoms with Crippen molar-refractivity contribution >= 4 is 18.0 Å². The second-order valence-electron chi connectivity index (χ2n) is 9.81. The van der Waals surface area contributed by atoms with Crippen LogP contribution in [0.1, 0.15) is 50.2 Å². The lowest BCUT2D eigenvalue weighted by atomic mass is 10.0. The number of amides is 1. The van der Waals surface area contributed by atoms with Gasteiger partial charge in [-0.25, -0.2) is 0 Å². The number of hydrogen-bond acceptors (Lipinski definition) is 7. The molecular weight excluding hydrogens is 477 g/mol. The molecule has 1 aromatic heterocycles. The maximum absolute atomic E-state index is 13.3. The molecule has 2 aromatic rings. The van der Waals surface area contributed by atoms with E-state index in [4.69, 9.17) is 4.74 Å². The van der Waals surface area contributed by atoms with Crippen molar-refractivity contribution in [2.24, 2.45) is 0 Å². The van der Waals surface area contributed by atoms with Gasteiger partial charge in [0.05, 0.1) is 18.7 Å². The van der Waals surface area contributed by atoms with Crippen LogP contribution in [-0.4, -0.2) is 79.7 Å². The predicted octanol–water partition coefficient (Wildman–Crippen LogP) is 2.94. The van der Waals surface area contributed by atoms with Crippen molar-refractivity contribution in [1.82, 2.24) is 30.0 Å². The number of tetrazole rings is 1. The van der Waals surface area contributed by atoms with Crippen LogP contribution in [0.25, 0.3) is 6.08 Å². The molecule has 1 atom stereocenters. The number of hydrogen-bond donors (Lipinski definition) is 0. The number of ether oxygens (including phenoxy) is 1. The third kappa shape index (κ3) is 7.61. The molecule has 1 amide bonds. The topological polar surface area (TPSA) is 93.5 Å². The lowest BCUT2D eigenvalue weighted by Crippen LogP contribution is -2.54. The van der Waals surface area contributed by atoms with Crippen molar-refractivity contribution < 1.29 is 27.5 Å². The van der Waals surface area contributed by atoms with Gasteiger partial charge in [0, 0.05) is 31.8 Å². The molecule has 1 aromatic carbocycles. The minimum atomic E-state index is -4.51. The zero-order valence-electron chi connectivity index (χ0n) is 21.0. The molecule has 2 heterocycles. The van der Waals surface area contributed by atoms with Gasteiger partial charge < -0.3 is 9.64 Å². The highest BCUT2D eigenvalue weighted by Crippen LogP contribution is 2.31. The first-order chi connectivity index (χ1) is 16.7. The largest absolute Gasteiger partial charge is 0.459 e. The average Bonchev–Trinajstić information content (AvgIpc) is 3.15. The molecule has 1 fully saturated rings. The van der Waals surface area contributed by atoms with Crippen LogP contribution in [0, 0.1) is 6.92 Å². The lowest BCUT2D eigenvalue weighted by Gasteiger charge is -2.39. The highest BCUT2D eigenvalue weighted by Gasteiger charge is 2.31. The van der Waals surface area contributed by atoms with Gasteiger partial charge in [0.1, 0.15) is 5.60 Å². The summed E-state index contributed by atoms with van der Waals surface area (Å²) in [6.45, 7) is 10.5. The fourth-order valence-electron chi connectivity index (χ4n) is 3.94. The number of halogens is 3. The molecule has 3 rings (SSSR count). The third-order valence-corrected chi connectivity index (χ3v) is 5.51.